The molecule has 0 atom stereocenters. The molecule has 114 valence electrons. The van der Waals surface area contributed by atoms with Gasteiger partial charge in [0.25, 0.3) is 0 Å². The molecule has 3 nitrogen and oxygen atoms in total. The lowest BCUT2D eigenvalue weighted by atomic mass is 10.1. The van der Waals surface area contributed by atoms with Gasteiger partial charge in [-0.05, 0) is 37.4 Å². The molecule has 0 fully saturated rings. The molecule has 0 unspecified atom stereocenters. The molecule has 1 aromatic heterocycles. The Bertz CT molecular complexity index is 559. The number of aromatic nitrogens is 1. The van der Waals surface area contributed by atoms with Gasteiger partial charge in [0.05, 0.1) is 6.61 Å². The largest absolute Gasteiger partial charge is 0.383 e. The first-order valence-corrected chi connectivity index (χ1v) is 7.74. The Morgan fingerprint density at radius 1 is 1.29 bits per heavy atom. The van der Waals surface area contributed by atoms with Crippen LogP contribution in [0.25, 0.3) is 10.9 Å². The van der Waals surface area contributed by atoms with Crippen molar-refractivity contribution in [1.29, 1.82) is 0 Å². The number of hydrogen-bond acceptors (Lipinski definition) is 2. The number of fused-ring (bicyclic) bond motifs is 1. The Kier molecular flexibility index (Phi) is 6.51. The van der Waals surface area contributed by atoms with Crippen molar-refractivity contribution < 1.29 is 4.74 Å². The Labute approximate surface area is 127 Å². The van der Waals surface area contributed by atoms with Gasteiger partial charge in [0.1, 0.15) is 0 Å². The van der Waals surface area contributed by atoms with Crippen molar-refractivity contribution in [1.82, 2.24) is 9.88 Å². The van der Waals surface area contributed by atoms with Gasteiger partial charge in [-0.3, -0.25) is 0 Å². The number of allylic oxidation sites excluding steroid dienone is 1. The lowest BCUT2D eigenvalue weighted by molar-refractivity contribution is 0.199. The molecule has 0 aliphatic carbocycles. The lowest BCUT2D eigenvalue weighted by Gasteiger charge is -2.03. The van der Waals surface area contributed by atoms with E-state index in [4.69, 9.17) is 4.74 Å². The van der Waals surface area contributed by atoms with Crippen molar-refractivity contribution >= 4 is 10.9 Å². The summed E-state index contributed by atoms with van der Waals surface area (Å²) in [6.07, 6.45) is 7.57. The third-order valence-corrected chi connectivity index (χ3v) is 3.73. The summed E-state index contributed by atoms with van der Waals surface area (Å²) in [5.74, 6) is 0. The fourth-order valence-electron chi connectivity index (χ4n) is 2.64. The smallest absolute Gasteiger partial charge is 0.0587 e. The fourth-order valence-corrected chi connectivity index (χ4v) is 2.64. The molecule has 3 heteroatoms. The first-order valence-electron chi connectivity index (χ1n) is 7.74. The molecule has 0 radical (unpaired) electrons. The monoisotopic (exact) mass is 286 g/mol. The molecule has 0 aliphatic rings. The molecule has 21 heavy (non-hydrogen) atoms. The zero-order valence-corrected chi connectivity index (χ0v) is 13.0. The first kappa shape index (κ1) is 15.8. The predicted molar refractivity (Wildman–Crippen MR) is 89.8 cm³/mol. The normalized spacial score (nSPS) is 11.1. The van der Waals surface area contributed by atoms with Crippen LogP contribution in [-0.2, 0) is 17.7 Å². The van der Waals surface area contributed by atoms with Crippen LogP contribution in [0.5, 0.6) is 0 Å². The maximum atomic E-state index is 5.05. The van der Waals surface area contributed by atoms with E-state index in [0.717, 1.165) is 45.5 Å². The van der Waals surface area contributed by atoms with Crippen LogP contribution in [0, 0.1) is 0 Å². The van der Waals surface area contributed by atoms with Gasteiger partial charge < -0.3 is 14.6 Å². The molecular weight excluding hydrogens is 260 g/mol. The zero-order valence-electron chi connectivity index (χ0n) is 13.0. The number of nitrogens with one attached hydrogen (secondary N) is 1. The topological polar surface area (TPSA) is 26.2 Å². The number of aryl methyl sites for hydroxylation is 1. The van der Waals surface area contributed by atoms with E-state index in [2.05, 4.69) is 46.9 Å². The third kappa shape index (κ3) is 4.45. The molecule has 0 aliphatic heterocycles. The highest BCUT2D eigenvalue weighted by molar-refractivity contribution is 5.84. The van der Waals surface area contributed by atoms with Crippen LogP contribution in [-0.4, -0.2) is 31.4 Å². The number of para-hydroxylation sites is 1. The minimum Gasteiger partial charge on any atom is -0.383 e. The van der Waals surface area contributed by atoms with Gasteiger partial charge in [0, 0.05) is 37.3 Å². The average Bonchev–Trinajstić information content (AvgIpc) is 2.86. The molecule has 0 spiro atoms. The second-order valence-corrected chi connectivity index (χ2v) is 5.29. The van der Waals surface area contributed by atoms with E-state index in [1.807, 2.05) is 6.08 Å². The molecule has 0 bridgehead atoms. The van der Waals surface area contributed by atoms with Crippen LogP contribution in [0.15, 0.2) is 43.1 Å². The van der Waals surface area contributed by atoms with Crippen LogP contribution in [0.1, 0.15) is 18.4 Å². The zero-order chi connectivity index (χ0) is 14.9. The Hall–Kier alpha value is -1.58. The van der Waals surface area contributed by atoms with E-state index < -0.39 is 0 Å². The summed E-state index contributed by atoms with van der Waals surface area (Å²) in [5.41, 5.74) is 2.77. The number of rotatable bonds is 10. The van der Waals surface area contributed by atoms with Crippen molar-refractivity contribution in [2.24, 2.45) is 0 Å². The average molecular weight is 286 g/mol. The molecule has 2 aromatic rings. The summed E-state index contributed by atoms with van der Waals surface area (Å²) in [6, 6.07) is 8.68. The molecular formula is C18H26N2O. The number of nitrogens with zero attached hydrogens (tertiary/aromatic N) is 1. The lowest BCUT2D eigenvalue weighted by Crippen LogP contribution is -2.21. The second kappa shape index (κ2) is 8.65. The summed E-state index contributed by atoms with van der Waals surface area (Å²) in [6.45, 7) is 7.52. The standard InChI is InChI=1S/C18H26N2O/c1-3-4-7-13-20-15-16(10-11-19-12-14-21-2)17-8-5-6-9-18(17)20/h3,5-6,8-9,15,19H,1,4,7,10-14H2,2H3. The molecule has 0 amide bonds. The first-order chi connectivity index (χ1) is 10.4. The Morgan fingerprint density at radius 3 is 2.95 bits per heavy atom. The summed E-state index contributed by atoms with van der Waals surface area (Å²) < 4.78 is 7.43. The minimum absolute atomic E-state index is 0.767. The fraction of sp³-hybridized carbons (Fsp3) is 0.444. The molecule has 1 aromatic carbocycles. The number of methoxy groups -OCH3 is 1. The molecule has 2 rings (SSSR count). The molecule has 1 heterocycles. The van der Waals surface area contributed by atoms with Crippen LogP contribution in [0.4, 0.5) is 0 Å². The van der Waals surface area contributed by atoms with Crippen LogP contribution >= 0.6 is 0 Å². The molecule has 0 saturated carbocycles. The van der Waals surface area contributed by atoms with Gasteiger partial charge in [-0.1, -0.05) is 24.3 Å². The Morgan fingerprint density at radius 2 is 2.14 bits per heavy atom. The van der Waals surface area contributed by atoms with Gasteiger partial charge in [0.15, 0.2) is 0 Å². The van der Waals surface area contributed by atoms with Gasteiger partial charge in [0.2, 0.25) is 0 Å². The van der Waals surface area contributed by atoms with Gasteiger partial charge in [-0.25, -0.2) is 0 Å². The highest BCUT2D eigenvalue weighted by Crippen LogP contribution is 2.22. The maximum Gasteiger partial charge on any atom is 0.0587 e. The summed E-state index contributed by atoms with van der Waals surface area (Å²) in [5, 5.41) is 4.79. The van der Waals surface area contributed by atoms with Crippen molar-refractivity contribution in [3.05, 3.63) is 48.7 Å². The van der Waals surface area contributed by atoms with Crippen molar-refractivity contribution in [2.75, 3.05) is 26.8 Å². The summed E-state index contributed by atoms with van der Waals surface area (Å²) in [7, 11) is 1.73. The van der Waals surface area contributed by atoms with Gasteiger partial charge >= 0.3 is 0 Å². The summed E-state index contributed by atoms with van der Waals surface area (Å²) in [4.78, 5) is 0. The van der Waals surface area contributed by atoms with Crippen molar-refractivity contribution in [2.45, 2.75) is 25.8 Å². The third-order valence-electron chi connectivity index (χ3n) is 3.73. The van der Waals surface area contributed by atoms with E-state index in [9.17, 15) is 0 Å². The highest BCUT2D eigenvalue weighted by atomic mass is 16.5. The van der Waals surface area contributed by atoms with Crippen molar-refractivity contribution in [3.8, 4) is 0 Å². The second-order valence-electron chi connectivity index (χ2n) is 5.29. The quantitative estimate of drug-likeness (QED) is 0.535. The summed E-state index contributed by atoms with van der Waals surface area (Å²) >= 11 is 0. The SMILES string of the molecule is C=CCCCn1cc(CCNCCOC)c2ccccc21. The van der Waals surface area contributed by atoms with Crippen LogP contribution < -0.4 is 5.32 Å². The van der Waals surface area contributed by atoms with E-state index in [1.54, 1.807) is 7.11 Å². The van der Waals surface area contributed by atoms with E-state index >= 15 is 0 Å². The van der Waals surface area contributed by atoms with E-state index in [0.29, 0.717) is 0 Å². The van der Waals surface area contributed by atoms with Gasteiger partial charge in [-0.2, -0.15) is 0 Å². The van der Waals surface area contributed by atoms with Gasteiger partial charge in [-0.15, -0.1) is 6.58 Å². The number of hydrogen-bond donors (Lipinski definition) is 1. The molecule has 0 saturated heterocycles. The van der Waals surface area contributed by atoms with E-state index in [1.165, 1.54) is 16.5 Å². The minimum atomic E-state index is 0.767. The predicted octanol–water partition coefficient (Wildman–Crippen LogP) is 3.39. The Balaban J connectivity index is 2.03. The van der Waals surface area contributed by atoms with Crippen LogP contribution in [0.3, 0.4) is 0 Å². The highest BCUT2D eigenvalue weighted by Gasteiger charge is 2.07. The maximum absolute atomic E-state index is 5.05. The van der Waals surface area contributed by atoms with E-state index in [-0.39, 0.29) is 0 Å². The van der Waals surface area contributed by atoms with Crippen molar-refractivity contribution in [3.63, 3.8) is 0 Å². The van der Waals surface area contributed by atoms with Crippen LogP contribution in [0.2, 0.25) is 0 Å². The molecule has 1 N–H and O–H groups in total. The number of ether oxygens (including phenoxy) is 1. The number of unbranched alkanes of at least 4 members (excludes halogenated alkanes) is 1. The number of benzene rings is 1.